The second-order valence-electron chi connectivity index (χ2n) is 8.04. The quantitative estimate of drug-likeness (QED) is 0.790. The van der Waals surface area contributed by atoms with E-state index in [0.717, 1.165) is 78.4 Å². The molecule has 3 aliphatic heterocycles. The Morgan fingerprint density at radius 3 is 2.73 bits per heavy atom. The highest BCUT2D eigenvalue weighted by atomic mass is 16.5. The monoisotopic (exact) mass is 358 g/mol. The maximum Gasteiger partial charge on any atom is 0.230 e. The number of nitrogens with zero attached hydrogens (tertiary/aromatic N) is 4. The predicted octanol–water partition coefficient (Wildman–Crippen LogP) is 1.15. The van der Waals surface area contributed by atoms with Gasteiger partial charge in [0.05, 0.1) is 18.6 Å². The molecule has 142 valence electrons. The van der Waals surface area contributed by atoms with Crippen LogP contribution in [0.1, 0.15) is 24.0 Å². The van der Waals surface area contributed by atoms with Crippen LogP contribution in [0.15, 0.2) is 18.5 Å². The second kappa shape index (κ2) is 7.62. The number of carbonyl (C=O) groups excluding carboxylic acids is 1. The molecule has 3 saturated heterocycles. The van der Waals surface area contributed by atoms with Gasteiger partial charge in [-0.1, -0.05) is 0 Å². The molecule has 1 aromatic rings. The van der Waals surface area contributed by atoms with E-state index in [1.807, 2.05) is 12.4 Å². The van der Waals surface area contributed by atoms with Gasteiger partial charge in [-0.3, -0.25) is 19.6 Å². The lowest BCUT2D eigenvalue weighted by Crippen LogP contribution is -2.43. The van der Waals surface area contributed by atoms with Gasteiger partial charge in [0, 0.05) is 58.2 Å². The molecule has 0 aromatic carbocycles. The minimum atomic E-state index is -0.133. The van der Waals surface area contributed by atoms with Crippen molar-refractivity contribution in [1.29, 1.82) is 0 Å². The molecule has 1 aromatic heterocycles. The second-order valence-corrected chi connectivity index (χ2v) is 8.04. The first-order valence-electron chi connectivity index (χ1n) is 9.88. The Balaban J connectivity index is 1.32. The van der Waals surface area contributed by atoms with Crippen molar-refractivity contribution in [2.75, 3.05) is 59.0 Å². The molecule has 0 radical (unpaired) electrons. The highest BCUT2D eigenvalue weighted by Gasteiger charge is 2.50. The highest BCUT2D eigenvalue weighted by molar-refractivity contribution is 5.85. The van der Waals surface area contributed by atoms with Gasteiger partial charge in [0.1, 0.15) is 0 Å². The summed E-state index contributed by atoms with van der Waals surface area (Å²) >= 11 is 0. The molecule has 26 heavy (non-hydrogen) atoms. The number of aromatic nitrogens is 1. The SMILES string of the molecule is Cc1cnccc1CN1CCC2(CCN(CCN3CCOCC3)C2=O)C1. The lowest BCUT2D eigenvalue weighted by molar-refractivity contribution is -0.135. The lowest BCUT2D eigenvalue weighted by Gasteiger charge is -2.29. The zero-order chi connectivity index (χ0) is 18.0. The number of hydrogen-bond acceptors (Lipinski definition) is 5. The molecule has 6 heteroatoms. The summed E-state index contributed by atoms with van der Waals surface area (Å²) in [6.45, 7) is 11.4. The molecule has 0 saturated carbocycles. The Kier molecular flexibility index (Phi) is 5.25. The van der Waals surface area contributed by atoms with Crippen molar-refractivity contribution in [1.82, 2.24) is 19.7 Å². The van der Waals surface area contributed by atoms with Crippen LogP contribution in [0.4, 0.5) is 0 Å². The van der Waals surface area contributed by atoms with E-state index >= 15 is 0 Å². The summed E-state index contributed by atoms with van der Waals surface area (Å²) < 4.78 is 5.41. The van der Waals surface area contributed by atoms with Crippen LogP contribution < -0.4 is 0 Å². The van der Waals surface area contributed by atoms with Gasteiger partial charge < -0.3 is 9.64 Å². The normalized spacial score (nSPS) is 27.7. The van der Waals surface area contributed by atoms with Gasteiger partial charge in [0.25, 0.3) is 0 Å². The van der Waals surface area contributed by atoms with Gasteiger partial charge in [-0.05, 0) is 43.5 Å². The molecule has 3 aliphatic rings. The van der Waals surface area contributed by atoms with Crippen LogP contribution >= 0.6 is 0 Å². The van der Waals surface area contributed by atoms with Crippen molar-refractivity contribution in [2.24, 2.45) is 5.41 Å². The van der Waals surface area contributed by atoms with E-state index < -0.39 is 0 Å². The van der Waals surface area contributed by atoms with Crippen LogP contribution in [-0.2, 0) is 16.1 Å². The summed E-state index contributed by atoms with van der Waals surface area (Å²) in [4.78, 5) is 24.3. The zero-order valence-corrected chi connectivity index (χ0v) is 15.8. The molecule has 0 bridgehead atoms. The number of pyridine rings is 1. The number of hydrogen-bond donors (Lipinski definition) is 0. The minimum Gasteiger partial charge on any atom is -0.379 e. The third kappa shape index (κ3) is 3.63. The standard InChI is InChI=1S/C20H30N4O2/c1-17-14-21-5-2-18(17)15-23-6-3-20(16-23)4-7-24(19(20)25)9-8-22-10-12-26-13-11-22/h2,5,14H,3-4,6-13,15-16H2,1H3. The van der Waals surface area contributed by atoms with Crippen LogP contribution in [0.5, 0.6) is 0 Å². The molecule has 1 atom stereocenters. The van der Waals surface area contributed by atoms with Crippen LogP contribution in [0.25, 0.3) is 0 Å². The first kappa shape index (κ1) is 17.9. The Hall–Kier alpha value is -1.50. The Morgan fingerprint density at radius 2 is 1.92 bits per heavy atom. The minimum absolute atomic E-state index is 0.133. The van der Waals surface area contributed by atoms with Crippen LogP contribution in [0.2, 0.25) is 0 Å². The summed E-state index contributed by atoms with van der Waals surface area (Å²) in [6, 6.07) is 2.10. The molecular weight excluding hydrogens is 328 g/mol. The molecule has 3 fully saturated rings. The van der Waals surface area contributed by atoms with E-state index in [1.165, 1.54) is 11.1 Å². The molecule has 1 unspecified atom stereocenters. The number of likely N-dealkylation sites (tertiary alicyclic amines) is 2. The third-order valence-corrected chi connectivity index (χ3v) is 6.35. The smallest absolute Gasteiger partial charge is 0.230 e. The molecule has 1 amide bonds. The largest absolute Gasteiger partial charge is 0.379 e. The summed E-state index contributed by atoms with van der Waals surface area (Å²) in [7, 11) is 0. The van der Waals surface area contributed by atoms with E-state index in [0.29, 0.717) is 5.91 Å². The van der Waals surface area contributed by atoms with Crippen LogP contribution in [0, 0.1) is 12.3 Å². The number of carbonyl (C=O) groups is 1. The van der Waals surface area contributed by atoms with E-state index in [1.54, 1.807) is 0 Å². The fourth-order valence-corrected chi connectivity index (χ4v) is 4.59. The Labute approximate surface area is 156 Å². The van der Waals surface area contributed by atoms with Crippen molar-refractivity contribution in [3.8, 4) is 0 Å². The van der Waals surface area contributed by atoms with Gasteiger partial charge >= 0.3 is 0 Å². The first-order chi connectivity index (χ1) is 12.7. The zero-order valence-electron chi connectivity index (χ0n) is 15.8. The number of morpholine rings is 1. The average molecular weight is 358 g/mol. The summed E-state index contributed by atoms with van der Waals surface area (Å²) in [5.74, 6) is 0.389. The Morgan fingerprint density at radius 1 is 1.12 bits per heavy atom. The summed E-state index contributed by atoms with van der Waals surface area (Å²) in [6.07, 6.45) is 5.81. The van der Waals surface area contributed by atoms with Gasteiger partial charge in [0.15, 0.2) is 0 Å². The molecule has 0 N–H and O–H groups in total. The van der Waals surface area contributed by atoms with Crippen molar-refractivity contribution in [2.45, 2.75) is 26.3 Å². The molecule has 1 spiro atoms. The molecule has 4 heterocycles. The summed E-state index contributed by atoms with van der Waals surface area (Å²) in [5.41, 5.74) is 2.43. The van der Waals surface area contributed by atoms with Gasteiger partial charge in [-0.2, -0.15) is 0 Å². The van der Waals surface area contributed by atoms with E-state index in [-0.39, 0.29) is 5.41 Å². The first-order valence-corrected chi connectivity index (χ1v) is 9.88. The fourth-order valence-electron chi connectivity index (χ4n) is 4.59. The average Bonchev–Trinajstić information content (AvgIpc) is 3.21. The summed E-state index contributed by atoms with van der Waals surface area (Å²) in [5, 5.41) is 0. The molecule has 6 nitrogen and oxygen atoms in total. The lowest BCUT2D eigenvalue weighted by atomic mass is 9.85. The van der Waals surface area contributed by atoms with E-state index in [4.69, 9.17) is 4.74 Å². The van der Waals surface area contributed by atoms with Gasteiger partial charge in [0.2, 0.25) is 5.91 Å². The maximum atomic E-state index is 13.1. The van der Waals surface area contributed by atoms with Gasteiger partial charge in [-0.15, -0.1) is 0 Å². The van der Waals surface area contributed by atoms with Crippen molar-refractivity contribution >= 4 is 5.91 Å². The molecular formula is C20H30N4O2. The van der Waals surface area contributed by atoms with E-state index in [9.17, 15) is 4.79 Å². The van der Waals surface area contributed by atoms with Crippen molar-refractivity contribution < 1.29 is 9.53 Å². The fraction of sp³-hybridized carbons (Fsp3) is 0.700. The van der Waals surface area contributed by atoms with Crippen molar-refractivity contribution in [3.63, 3.8) is 0 Å². The third-order valence-electron chi connectivity index (χ3n) is 6.35. The number of rotatable bonds is 5. The topological polar surface area (TPSA) is 48.9 Å². The highest BCUT2D eigenvalue weighted by Crippen LogP contribution is 2.41. The number of amides is 1. The number of ether oxygens (including phenoxy) is 1. The molecule has 4 rings (SSSR count). The Bertz CT molecular complexity index is 646. The van der Waals surface area contributed by atoms with Crippen molar-refractivity contribution in [3.05, 3.63) is 29.6 Å². The number of aryl methyl sites for hydroxylation is 1. The molecule has 0 aliphatic carbocycles. The maximum absolute atomic E-state index is 13.1. The van der Waals surface area contributed by atoms with Gasteiger partial charge in [-0.25, -0.2) is 0 Å². The van der Waals surface area contributed by atoms with Crippen LogP contribution in [0.3, 0.4) is 0 Å². The predicted molar refractivity (Wildman–Crippen MR) is 99.8 cm³/mol. The van der Waals surface area contributed by atoms with Crippen LogP contribution in [-0.4, -0.2) is 84.6 Å². The van der Waals surface area contributed by atoms with E-state index in [2.05, 4.69) is 32.7 Å².